The molecule has 0 fully saturated rings. The number of nitrogens with one attached hydrogen (secondary N) is 1. The molecule has 27 heavy (non-hydrogen) atoms. The molecule has 0 radical (unpaired) electrons. The number of rotatable bonds is 5. The zero-order valence-corrected chi connectivity index (χ0v) is 13.0. The van der Waals surface area contributed by atoms with E-state index in [1.165, 1.54) is 6.07 Å². The van der Waals surface area contributed by atoms with Crippen LogP contribution < -0.4 is 10.1 Å². The zero-order chi connectivity index (χ0) is 20.5. The fourth-order valence-corrected chi connectivity index (χ4v) is 2.10. The van der Waals surface area contributed by atoms with Crippen LogP contribution in [0.3, 0.4) is 0 Å². The van der Waals surface area contributed by atoms with Crippen LogP contribution in [-0.2, 0) is 5.85 Å². The first kappa shape index (κ1) is 20.7. The molecule has 1 unspecified atom stereocenters. The van der Waals surface area contributed by atoms with Gasteiger partial charge < -0.3 is 4.74 Å². The summed E-state index contributed by atoms with van der Waals surface area (Å²) in [6.07, 6.45) is -11.5. The highest BCUT2D eigenvalue weighted by molar-refractivity contribution is 5.57. The molecule has 0 bridgehead atoms. The molecule has 0 aliphatic heterocycles. The van der Waals surface area contributed by atoms with Gasteiger partial charge in [-0.2, -0.15) is 39.5 Å². The summed E-state index contributed by atoms with van der Waals surface area (Å²) in [5, 5.41) is 0.896. The Labute approximate surface area is 146 Å². The summed E-state index contributed by atoms with van der Waals surface area (Å²) in [7, 11) is 0. The Morgan fingerprint density at radius 3 is 1.70 bits per heavy atom. The zero-order valence-electron chi connectivity index (χ0n) is 13.0. The highest BCUT2D eigenvalue weighted by atomic mass is 19.4. The number of para-hydroxylation sites is 2. The predicted octanol–water partition coefficient (Wildman–Crippen LogP) is 6.02. The van der Waals surface area contributed by atoms with E-state index < -0.39 is 41.3 Å². The topological polar surface area (TPSA) is 21.3 Å². The Kier molecular flexibility index (Phi) is 5.26. The van der Waals surface area contributed by atoms with Crippen molar-refractivity contribution in [2.24, 2.45) is 0 Å². The molecule has 0 aromatic heterocycles. The largest absolute Gasteiger partial charge is 0.482 e. The van der Waals surface area contributed by atoms with Gasteiger partial charge in [-0.3, -0.25) is 5.32 Å². The first-order valence-corrected chi connectivity index (χ1v) is 7.10. The lowest BCUT2D eigenvalue weighted by Gasteiger charge is -2.35. The van der Waals surface area contributed by atoms with Gasteiger partial charge in [0, 0.05) is 5.56 Å². The van der Waals surface area contributed by atoms with Gasteiger partial charge in [0.15, 0.2) is 0 Å². The van der Waals surface area contributed by atoms with E-state index in [1.54, 1.807) is 0 Å². The molecule has 0 saturated carbocycles. The van der Waals surface area contributed by atoms with Crippen molar-refractivity contribution < 1.29 is 44.3 Å². The second-order valence-corrected chi connectivity index (χ2v) is 5.25. The monoisotopic (exact) mass is 403 g/mol. The van der Waals surface area contributed by atoms with Gasteiger partial charge in [0.1, 0.15) is 5.75 Å². The summed E-state index contributed by atoms with van der Waals surface area (Å²) >= 11 is 0. The molecule has 0 saturated heterocycles. The second-order valence-electron chi connectivity index (χ2n) is 5.25. The molecule has 2 nitrogen and oxygen atoms in total. The fourth-order valence-electron chi connectivity index (χ4n) is 2.10. The Hall–Kier alpha value is -2.59. The maximum Gasteiger partial charge on any atom is 0.482 e. The molecule has 2 rings (SSSR count). The molecule has 0 heterocycles. The van der Waals surface area contributed by atoms with Crippen molar-refractivity contribution in [1.82, 2.24) is 0 Å². The van der Waals surface area contributed by atoms with Crippen LogP contribution in [0.25, 0.3) is 0 Å². The normalized spacial score (nSPS) is 15.1. The van der Waals surface area contributed by atoms with Crippen LogP contribution in [0.4, 0.5) is 45.2 Å². The molecule has 11 heteroatoms. The Balaban J connectivity index is 2.59. The second kappa shape index (κ2) is 6.86. The molecule has 2 aromatic carbocycles. The Morgan fingerprint density at radius 1 is 0.667 bits per heavy atom. The average molecular weight is 403 g/mol. The molecule has 0 amide bonds. The summed E-state index contributed by atoms with van der Waals surface area (Å²) in [6, 6.07) is 7.66. The lowest BCUT2D eigenvalue weighted by atomic mass is 10.00. The summed E-state index contributed by atoms with van der Waals surface area (Å²) in [5.74, 6) is -12.1. The van der Waals surface area contributed by atoms with E-state index in [9.17, 15) is 35.1 Å². The number of hydrogen-bond acceptors (Lipinski definition) is 2. The van der Waals surface area contributed by atoms with Crippen LogP contribution in [0, 0.1) is 0 Å². The number of anilines is 1. The molecule has 148 valence electrons. The van der Waals surface area contributed by atoms with Crippen molar-refractivity contribution in [3.8, 4) is 5.75 Å². The number of halogens is 9. The first-order valence-electron chi connectivity index (χ1n) is 7.10. The number of benzene rings is 2. The summed E-state index contributed by atoms with van der Waals surface area (Å²) < 4.78 is 123. The highest BCUT2D eigenvalue weighted by Gasteiger charge is 2.74. The van der Waals surface area contributed by atoms with Crippen LogP contribution in [0.1, 0.15) is 5.56 Å². The van der Waals surface area contributed by atoms with E-state index in [0.717, 1.165) is 29.6 Å². The van der Waals surface area contributed by atoms with Crippen molar-refractivity contribution >= 4 is 5.69 Å². The number of hydrogen-bond donors (Lipinski definition) is 1. The predicted molar refractivity (Wildman–Crippen MR) is 77.0 cm³/mol. The van der Waals surface area contributed by atoms with Gasteiger partial charge in [0.25, 0.3) is 0 Å². The maximum atomic E-state index is 15.1. The van der Waals surface area contributed by atoms with Gasteiger partial charge in [-0.25, -0.2) is 0 Å². The van der Waals surface area contributed by atoms with Gasteiger partial charge >= 0.3 is 24.3 Å². The number of alkyl halides is 9. The van der Waals surface area contributed by atoms with E-state index in [4.69, 9.17) is 0 Å². The lowest BCUT2D eigenvalue weighted by molar-refractivity contribution is -0.371. The average Bonchev–Trinajstić information content (AvgIpc) is 2.55. The minimum Gasteiger partial charge on any atom is -0.446 e. The van der Waals surface area contributed by atoms with Gasteiger partial charge in [0.05, 0.1) is 5.69 Å². The third-order valence-electron chi connectivity index (χ3n) is 3.32. The standard InChI is InChI=1S/C16H10F9NO/c17-13(10-6-2-1-3-7-10,14(18,19)15(20,21)22)27-12-9-5-4-8-11(12)26-16(23,24)25/h1-9,26H. The molecular weight excluding hydrogens is 393 g/mol. The molecular formula is C16H10F9NO. The van der Waals surface area contributed by atoms with Crippen LogP contribution in [0.5, 0.6) is 5.75 Å². The van der Waals surface area contributed by atoms with Crippen molar-refractivity contribution in [2.75, 3.05) is 5.32 Å². The SMILES string of the molecule is FC(F)(F)Nc1ccccc1OC(F)(c1ccccc1)C(F)(F)C(F)(F)F. The van der Waals surface area contributed by atoms with E-state index in [-0.39, 0.29) is 0 Å². The van der Waals surface area contributed by atoms with Crippen molar-refractivity contribution in [3.63, 3.8) is 0 Å². The molecule has 0 aliphatic carbocycles. The minimum atomic E-state index is -6.38. The van der Waals surface area contributed by atoms with Gasteiger partial charge in [-0.1, -0.05) is 42.5 Å². The lowest BCUT2D eigenvalue weighted by Crippen LogP contribution is -2.55. The van der Waals surface area contributed by atoms with Crippen LogP contribution in [0.15, 0.2) is 54.6 Å². The van der Waals surface area contributed by atoms with Gasteiger partial charge in [-0.15, -0.1) is 0 Å². The van der Waals surface area contributed by atoms with Crippen LogP contribution in [0.2, 0.25) is 0 Å². The fraction of sp³-hybridized carbons (Fsp3) is 0.250. The van der Waals surface area contributed by atoms with Crippen LogP contribution >= 0.6 is 0 Å². The van der Waals surface area contributed by atoms with E-state index in [1.807, 2.05) is 0 Å². The molecule has 0 aliphatic rings. The maximum absolute atomic E-state index is 15.1. The van der Waals surface area contributed by atoms with Crippen molar-refractivity contribution in [1.29, 1.82) is 0 Å². The Bertz CT molecular complexity index is 773. The third kappa shape index (κ3) is 4.22. The Morgan fingerprint density at radius 2 is 1.19 bits per heavy atom. The molecule has 1 N–H and O–H groups in total. The molecule has 2 aromatic rings. The number of ether oxygens (including phenoxy) is 1. The molecule has 0 spiro atoms. The first-order chi connectivity index (χ1) is 12.3. The van der Waals surface area contributed by atoms with Crippen molar-refractivity contribution in [3.05, 3.63) is 60.2 Å². The van der Waals surface area contributed by atoms with Crippen LogP contribution in [-0.4, -0.2) is 18.4 Å². The van der Waals surface area contributed by atoms with Gasteiger partial charge in [-0.05, 0) is 12.1 Å². The van der Waals surface area contributed by atoms with Gasteiger partial charge in [0.2, 0.25) is 0 Å². The van der Waals surface area contributed by atoms with E-state index in [2.05, 4.69) is 4.74 Å². The van der Waals surface area contributed by atoms with E-state index in [0.29, 0.717) is 24.3 Å². The third-order valence-corrected chi connectivity index (χ3v) is 3.32. The van der Waals surface area contributed by atoms with E-state index >= 15 is 4.39 Å². The smallest absolute Gasteiger partial charge is 0.446 e. The van der Waals surface area contributed by atoms with Crippen molar-refractivity contribution in [2.45, 2.75) is 24.3 Å². The molecule has 1 atom stereocenters. The quantitative estimate of drug-likeness (QED) is 0.487. The highest BCUT2D eigenvalue weighted by Crippen LogP contribution is 2.52. The minimum absolute atomic E-state index is 0.597. The summed E-state index contributed by atoms with van der Waals surface area (Å²) in [4.78, 5) is 0. The summed E-state index contributed by atoms with van der Waals surface area (Å²) in [5.41, 5.74) is -2.27. The summed E-state index contributed by atoms with van der Waals surface area (Å²) in [6.45, 7) is 0.